The van der Waals surface area contributed by atoms with Gasteiger partial charge in [0.15, 0.2) is 0 Å². The van der Waals surface area contributed by atoms with Crippen LogP contribution in [-0.2, 0) is 0 Å². The highest BCUT2D eigenvalue weighted by atomic mass is 16.3. The summed E-state index contributed by atoms with van der Waals surface area (Å²) >= 11 is 0. The maximum absolute atomic E-state index is 9.57. The van der Waals surface area contributed by atoms with Crippen molar-refractivity contribution in [2.24, 2.45) is 0 Å². The third-order valence-corrected chi connectivity index (χ3v) is 3.87. The second-order valence-electron chi connectivity index (χ2n) is 5.70. The Hall–Kier alpha value is -1.17. The van der Waals surface area contributed by atoms with E-state index in [1.54, 1.807) is 0 Å². The van der Waals surface area contributed by atoms with Gasteiger partial charge in [-0.05, 0) is 25.6 Å². The van der Waals surface area contributed by atoms with E-state index in [1.807, 2.05) is 18.3 Å². The molecular formula is C15H26N4O. The van der Waals surface area contributed by atoms with Gasteiger partial charge in [0.05, 0.1) is 12.1 Å². The lowest BCUT2D eigenvalue weighted by Gasteiger charge is -2.40. The van der Waals surface area contributed by atoms with Crippen LogP contribution in [0, 0.1) is 0 Å². The van der Waals surface area contributed by atoms with E-state index in [9.17, 15) is 5.11 Å². The van der Waals surface area contributed by atoms with Crippen LogP contribution in [0.4, 0.5) is 5.82 Å². The summed E-state index contributed by atoms with van der Waals surface area (Å²) in [5.74, 6) is 1.06. The molecule has 112 valence electrons. The molecule has 2 rings (SSSR count). The number of anilines is 1. The zero-order valence-corrected chi connectivity index (χ0v) is 12.5. The zero-order chi connectivity index (χ0) is 14.4. The fourth-order valence-electron chi connectivity index (χ4n) is 2.76. The van der Waals surface area contributed by atoms with Crippen molar-refractivity contribution < 1.29 is 5.11 Å². The lowest BCUT2D eigenvalue weighted by molar-refractivity contribution is 0.117. The van der Waals surface area contributed by atoms with Gasteiger partial charge in [-0.1, -0.05) is 13.0 Å². The average Bonchev–Trinajstić information content (AvgIpc) is 2.49. The van der Waals surface area contributed by atoms with Crippen molar-refractivity contribution in [2.45, 2.75) is 19.4 Å². The number of piperazine rings is 1. The summed E-state index contributed by atoms with van der Waals surface area (Å²) in [6, 6.07) is 6.04. The fraction of sp³-hybridized carbons (Fsp3) is 0.667. The van der Waals surface area contributed by atoms with Crippen LogP contribution < -0.4 is 10.2 Å². The van der Waals surface area contributed by atoms with Gasteiger partial charge in [-0.3, -0.25) is 4.90 Å². The van der Waals surface area contributed by atoms with Gasteiger partial charge in [0, 0.05) is 38.9 Å². The van der Waals surface area contributed by atoms with E-state index in [0.717, 1.165) is 45.1 Å². The highest BCUT2D eigenvalue weighted by Gasteiger charge is 2.27. The van der Waals surface area contributed by atoms with Crippen LogP contribution in [0.2, 0.25) is 0 Å². The Labute approximate surface area is 121 Å². The molecule has 0 aromatic carbocycles. The third kappa shape index (κ3) is 3.91. The van der Waals surface area contributed by atoms with E-state index in [1.165, 1.54) is 0 Å². The molecule has 20 heavy (non-hydrogen) atoms. The smallest absolute Gasteiger partial charge is 0.128 e. The van der Waals surface area contributed by atoms with Crippen molar-refractivity contribution in [1.82, 2.24) is 15.2 Å². The van der Waals surface area contributed by atoms with Crippen LogP contribution in [0.5, 0.6) is 0 Å². The molecule has 1 aliphatic rings. The van der Waals surface area contributed by atoms with E-state index in [4.69, 9.17) is 0 Å². The van der Waals surface area contributed by atoms with Crippen molar-refractivity contribution in [2.75, 3.05) is 50.8 Å². The number of hydrogen-bond donors (Lipinski definition) is 2. The number of nitrogens with one attached hydrogen (secondary N) is 1. The highest BCUT2D eigenvalue weighted by molar-refractivity contribution is 5.38. The largest absolute Gasteiger partial charge is 0.394 e. The SMILES string of the molecule is CCNC(C)(CO)CN1CCN(c2ccccn2)CC1. The van der Waals surface area contributed by atoms with Crippen molar-refractivity contribution in [3.05, 3.63) is 24.4 Å². The third-order valence-electron chi connectivity index (χ3n) is 3.87. The van der Waals surface area contributed by atoms with E-state index < -0.39 is 0 Å². The average molecular weight is 278 g/mol. The molecule has 1 unspecified atom stereocenters. The first-order valence-electron chi connectivity index (χ1n) is 7.41. The van der Waals surface area contributed by atoms with Gasteiger partial charge in [-0.2, -0.15) is 0 Å². The van der Waals surface area contributed by atoms with Gasteiger partial charge in [0.25, 0.3) is 0 Å². The second-order valence-corrected chi connectivity index (χ2v) is 5.70. The first-order valence-corrected chi connectivity index (χ1v) is 7.41. The molecule has 5 nitrogen and oxygen atoms in total. The maximum atomic E-state index is 9.57. The topological polar surface area (TPSA) is 51.6 Å². The Morgan fingerprint density at radius 1 is 1.30 bits per heavy atom. The van der Waals surface area contributed by atoms with Crippen molar-refractivity contribution >= 4 is 5.82 Å². The van der Waals surface area contributed by atoms with Crippen molar-refractivity contribution in [3.63, 3.8) is 0 Å². The minimum absolute atomic E-state index is 0.168. The monoisotopic (exact) mass is 278 g/mol. The molecule has 2 heterocycles. The lowest BCUT2D eigenvalue weighted by Crippen LogP contribution is -2.57. The van der Waals surface area contributed by atoms with Crippen LogP contribution in [0.15, 0.2) is 24.4 Å². The second kappa shape index (κ2) is 7.02. The molecule has 1 saturated heterocycles. The minimum Gasteiger partial charge on any atom is -0.394 e. The van der Waals surface area contributed by atoms with Crippen molar-refractivity contribution in [3.8, 4) is 0 Å². The molecule has 1 aliphatic heterocycles. The summed E-state index contributed by atoms with van der Waals surface area (Å²) in [4.78, 5) is 9.14. The molecular weight excluding hydrogens is 252 g/mol. The van der Waals surface area contributed by atoms with Gasteiger partial charge in [0.1, 0.15) is 5.82 Å². The molecule has 0 amide bonds. The van der Waals surface area contributed by atoms with Crippen LogP contribution >= 0.6 is 0 Å². The molecule has 2 N–H and O–H groups in total. The first kappa shape index (κ1) is 15.2. The lowest BCUT2D eigenvalue weighted by atomic mass is 10.0. The van der Waals surface area contributed by atoms with Crippen LogP contribution in [0.25, 0.3) is 0 Å². The Kier molecular flexibility index (Phi) is 5.34. The zero-order valence-electron chi connectivity index (χ0n) is 12.5. The van der Waals surface area contributed by atoms with Gasteiger partial charge >= 0.3 is 0 Å². The number of nitrogens with zero attached hydrogens (tertiary/aromatic N) is 3. The number of likely N-dealkylation sites (N-methyl/N-ethyl adjacent to an activating group) is 1. The summed E-state index contributed by atoms with van der Waals surface area (Å²) in [5.41, 5.74) is -0.206. The molecule has 1 atom stereocenters. The predicted molar refractivity (Wildman–Crippen MR) is 82.1 cm³/mol. The quantitative estimate of drug-likeness (QED) is 0.796. The Morgan fingerprint density at radius 2 is 2.05 bits per heavy atom. The van der Waals surface area contributed by atoms with Gasteiger partial charge in [0.2, 0.25) is 0 Å². The number of rotatable bonds is 6. The number of aliphatic hydroxyl groups is 1. The number of aliphatic hydroxyl groups excluding tert-OH is 1. The first-order chi connectivity index (χ1) is 9.67. The maximum Gasteiger partial charge on any atom is 0.128 e. The van der Waals surface area contributed by atoms with Gasteiger partial charge in [-0.25, -0.2) is 4.98 Å². The molecule has 0 spiro atoms. The predicted octanol–water partition coefficient (Wildman–Crippen LogP) is 0.564. The summed E-state index contributed by atoms with van der Waals surface area (Å²) in [6.45, 7) is 10.1. The summed E-state index contributed by atoms with van der Waals surface area (Å²) in [7, 11) is 0. The number of aromatic nitrogens is 1. The Morgan fingerprint density at radius 3 is 2.60 bits per heavy atom. The number of pyridine rings is 1. The van der Waals surface area contributed by atoms with Crippen LogP contribution in [-0.4, -0.2) is 66.4 Å². The Balaban J connectivity index is 1.85. The Bertz CT molecular complexity index is 392. The van der Waals surface area contributed by atoms with E-state index in [0.29, 0.717) is 0 Å². The molecule has 1 aromatic heterocycles. The summed E-state index contributed by atoms with van der Waals surface area (Å²) in [5, 5.41) is 12.9. The summed E-state index contributed by atoms with van der Waals surface area (Å²) < 4.78 is 0. The molecule has 0 radical (unpaired) electrons. The number of hydrogen-bond acceptors (Lipinski definition) is 5. The molecule has 5 heteroatoms. The van der Waals surface area contributed by atoms with E-state index >= 15 is 0 Å². The summed E-state index contributed by atoms with van der Waals surface area (Å²) in [6.07, 6.45) is 1.84. The standard InChI is InChI=1S/C15H26N4O/c1-3-17-15(2,13-20)12-18-8-10-19(11-9-18)14-6-4-5-7-16-14/h4-7,17,20H,3,8-13H2,1-2H3. The van der Waals surface area contributed by atoms with E-state index in [2.05, 4.69) is 40.0 Å². The molecule has 1 fully saturated rings. The molecule has 0 aliphatic carbocycles. The molecule has 1 aromatic rings. The molecule has 0 saturated carbocycles. The fourth-order valence-corrected chi connectivity index (χ4v) is 2.76. The van der Waals surface area contributed by atoms with Gasteiger partial charge in [-0.15, -0.1) is 0 Å². The van der Waals surface area contributed by atoms with Crippen molar-refractivity contribution in [1.29, 1.82) is 0 Å². The van der Waals surface area contributed by atoms with Crippen LogP contribution in [0.3, 0.4) is 0 Å². The van der Waals surface area contributed by atoms with Gasteiger partial charge < -0.3 is 15.3 Å². The minimum atomic E-state index is -0.206. The van der Waals surface area contributed by atoms with Crippen LogP contribution in [0.1, 0.15) is 13.8 Å². The highest BCUT2D eigenvalue weighted by Crippen LogP contribution is 2.14. The van der Waals surface area contributed by atoms with E-state index in [-0.39, 0.29) is 12.1 Å². The normalized spacial score (nSPS) is 19.9. The molecule has 0 bridgehead atoms.